The lowest BCUT2D eigenvalue weighted by molar-refractivity contribution is 0.457. The van der Waals surface area contributed by atoms with Crippen LogP contribution in [0.2, 0.25) is 5.15 Å². The number of aromatic nitrogens is 2. The van der Waals surface area contributed by atoms with Crippen LogP contribution in [0, 0.1) is 22.7 Å². The molecule has 31 heavy (non-hydrogen) atoms. The van der Waals surface area contributed by atoms with Crippen molar-refractivity contribution in [1.82, 2.24) is 9.97 Å². The lowest BCUT2D eigenvalue weighted by atomic mass is 10.1. The summed E-state index contributed by atoms with van der Waals surface area (Å²) in [4.78, 5) is 8.83. The highest BCUT2D eigenvalue weighted by atomic mass is 35.5. The maximum atomic E-state index is 9.07. The highest BCUT2D eigenvalue weighted by Gasteiger charge is 2.15. The third kappa shape index (κ3) is 4.40. The summed E-state index contributed by atoms with van der Waals surface area (Å²) in [6.45, 7) is 1.95. The maximum absolute atomic E-state index is 9.07. The molecule has 0 saturated carbocycles. The van der Waals surface area contributed by atoms with Crippen LogP contribution in [0.25, 0.3) is 10.8 Å². The summed E-state index contributed by atoms with van der Waals surface area (Å²) < 4.78 is 6.08. The molecule has 0 aliphatic carbocycles. The van der Waals surface area contributed by atoms with Gasteiger partial charge in [0.2, 0.25) is 11.8 Å². The monoisotopic (exact) mass is 425 g/mol. The molecule has 1 N–H and O–H groups in total. The predicted molar refractivity (Wildman–Crippen MR) is 120 cm³/mol. The zero-order valence-electron chi connectivity index (χ0n) is 16.6. The van der Waals surface area contributed by atoms with Gasteiger partial charge in [-0.25, -0.2) is 4.98 Å². The Hall–Kier alpha value is -4.13. The number of hydrogen-bond acceptors (Lipinski definition) is 6. The van der Waals surface area contributed by atoms with Crippen molar-refractivity contribution < 1.29 is 4.74 Å². The van der Waals surface area contributed by atoms with Gasteiger partial charge in [0.15, 0.2) is 0 Å². The molecular formula is C24H16ClN5O. The lowest BCUT2D eigenvalue weighted by Gasteiger charge is -2.13. The van der Waals surface area contributed by atoms with E-state index in [1.165, 1.54) is 0 Å². The van der Waals surface area contributed by atoms with Gasteiger partial charge in [0.05, 0.1) is 28.8 Å². The van der Waals surface area contributed by atoms with Gasteiger partial charge in [-0.05, 0) is 65.7 Å². The highest BCUT2D eigenvalue weighted by molar-refractivity contribution is 6.30. The highest BCUT2D eigenvalue weighted by Crippen LogP contribution is 2.32. The van der Waals surface area contributed by atoms with Gasteiger partial charge in [0.25, 0.3) is 0 Å². The van der Waals surface area contributed by atoms with Crippen molar-refractivity contribution in [1.29, 1.82) is 10.5 Å². The van der Waals surface area contributed by atoms with E-state index in [0.29, 0.717) is 45.8 Å². The molecule has 0 atom stereocenters. The van der Waals surface area contributed by atoms with Gasteiger partial charge >= 0.3 is 0 Å². The van der Waals surface area contributed by atoms with E-state index in [4.69, 9.17) is 26.9 Å². The minimum atomic E-state index is 0.293. The minimum absolute atomic E-state index is 0.293. The zero-order valence-corrected chi connectivity index (χ0v) is 17.3. The molecule has 0 unspecified atom stereocenters. The third-order valence-corrected chi connectivity index (χ3v) is 5.01. The summed E-state index contributed by atoms with van der Waals surface area (Å²) in [7, 11) is 0. The van der Waals surface area contributed by atoms with Crippen LogP contribution in [0.1, 0.15) is 23.6 Å². The lowest BCUT2D eigenvalue weighted by Crippen LogP contribution is -2.03. The second kappa shape index (κ2) is 8.71. The summed E-state index contributed by atoms with van der Waals surface area (Å²) in [5.41, 5.74) is 2.60. The maximum Gasteiger partial charge on any atom is 0.231 e. The van der Waals surface area contributed by atoms with Crippen LogP contribution < -0.4 is 10.1 Å². The second-order valence-corrected chi connectivity index (χ2v) is 7.09. The predicted octanol–water partition coefficient (Wildman–Crippen LogP) is 6.12. The van der Waals surface area contributed by atoms with Gasteiger partial charge in [-0.1, -0.05) is 30.7 Å². The van der Waals surface area contributed by atoms with Gasteiger partial charge in [-0.3, -0.25) is 0 Å². The average Bonchev–Trinajstić information content (AvgIpc) is 2.79. The fraction of sp³-hybridized carbons (Fsp3) is 0.0833. The summed E-state index contributed by atoms with van der Waals surface area (Å²) in [6.07, 6.45) is 0.602. The number of ether oxygens (including phenoxy) is 1. The van der Waals surface area contributed by atoms with Crippen LogP contribution in [-0.4, -0.2) is 9.97 Å². The first kappa shape index (κ1) is 20.2. The molecule has 7 heteroatoms. The Morgan fingerprint density at radius 1 is 0.903 bits per heavy atom. The van der Waals surface area contributed by atoms with Crippen molar-refractivity contribution in [3.8, 4) is 23.8 Å². The van der Waals surface area contributed by atoms with E-state index in [1.807, 2.05) is 37.3 Å². The van der Waals surface area contributed by atoms with Crippen LogP contribution in [0.3, 0.4) is 0 Å². The largest absolute Gasteiger partial charge is 0.438 e. The van der Waals surface area contributed by atoms with Crippen molar-refractivity contribution in [3.63, 3.8) is 0 Å². The van der Waals surface area contributed by atoms with E-state index in [0.717, 1.165) is 16.5 Å². The molecule has 0 bridgehead atoms. The molecule has 0 saturated heterocycles. The fourth-order valence-corrected chi connectivity index (χ4v) is 3.39. The molecule has 0 spiro atoms. The van der Waals surface area contributed by atoms with Crippen LogP contribution in [-0.2, 0) is 6.42 Å². The molecule has 4 rings (SSSR count). The van der Waals surface area contributed by atoms with Crippen LogP contribution in [0.4, 0.5) is 11.6 Å². The number of nitrogens with zero attached hydrogens (tertiary/aromatic N) is 4. The van der Waals surface area contributed by atoms with Crippen molar-refractivity contribution in [2.24, 2.45) is 0 Å². The number of benzene rings is 3. The van der Waals surface area contributed by atoms with E-state index in [9.17, 15) is 0 Å². The van der Waals surface area contributed by atoms with Gasteiger partial charge < -0.3 is 10.1 Å². The molecule has 150 valence electrons. The quantitative estimate of drug-likeness (QED) is 0.387. The topological polar surface area (TPSA) is 94.6 Å². The summed E-state index contributed by atoms with van der Waals surface area (Å²) in [5.74, 6) is 1.26. The average molecular weight is 426 g/mol. The molecular weight excluding hydrogens is 410 g/mol. The first-order valence-electron chi connectivity index (χ1n) is 9.55. The van der Waals surface area contributed by atoms with Crippen LogP contribution in [0.15, 0.2) is 60.7 Å². The first-order chi connectivity index (χ1) is 15.1. The molecule has 1 heterocycles. The first-order valence-corrected chi connectivity index (χ1v) is 9.92. The van der Waals surface area contributed by atoms with E-state index in [-0.39, 0.29) is 0 Å². The van der Waals surface area contributed by atoms with Gasteiger partial charge in [0.1, 0.15) is 10.9 Å². The van der Waals surface area contributed by atoms with E-state index in [2.05, 4.69) is 27.4 Å². The van der Waals surface area contributed by atoms with E-state index < -0.39 is 0 Å². The Bertz CT molecular complexity index is 1350. The molecule has 1 aromatic heterocycles. The third-order valence-electron chi connectivity index (χ3n) is 4.70. The smallest absolute Gasteiger partial charge is 0.231 e. The molecule has 6 nitrogen and oxygen atoms in total. The Morgan fingerprint density at radius 3 is 2.29 bits per heavy atom. The number of fused-ring (bicyclic) bond motifs is 1. The Balaban J connectivity index is 1.65. The summed E-state index contributed by atoms with van der Waals surface area (Å²) in [6, 6.07) is 22.3. The Kier molecular flexibility index (Phi) is 5.66. The van der Waals surface area contributed by atoms with Crippen LogP contribution >= 0.6 is 11.6 Å². The van der Waals surface area contributed by atoms with Gasteiger partial charge in [-0.2, -0.15) is 15.5 Å². The molecule has 0 fully saturated rings. The number of nitrogens with one attached hydrogen (secondary N) is 1. The molecule has 0 aliphatic heterocycles. The van der Waals surface area contributed by atoms with Crippen LogP contribution in [0.5, 0.6) is 11.6 Å². The van der Waals surface area contributed by atoms with Crippen molar-refractivity contribution in [3.05, 3.63) is 82.5 Å². The second-order valence-electron chi connectivity index (χ2n) is 6.73. The zero-order chi connectivity index (χ0) is 21.8. The van der Waals surface area contributed by atoms with E-state index >= 15 is 0 Å². The molecule has 0 radical (unpaired) electrons. The number of anilines is 2. The number of halogens is 1. The minimum Gasteiger partial charge on any atom is -0.438 e. The summed E-state index contributed by atoms with van der Waals surface area (Å²) >= 11 is 6.40. The fourth-order valence-electron chi connectivity index (χ4n) is 3.10. The standard InChI is InChI=1S/C24H16ClN5O/c1-2-21-22(25)29-24(28-19-8-4-15(13-26)5-9-19)30-23(21)31-20-10-7-17-11-16(14-27)3-6-18(17)12-20/h3-12H,2H2,1H3,(H,28,29,30). The molecule has 3 aromatic carbocycles. The number of hydrogen-bond donors (Lipinski definition) is 1. The van der Waals surface area contributed by atoms with Gasteiger partial charge in [-0.15, -0.1) is 0 Å². The van der Waals surface area contributed by atoms with Crippen molar-refractivity contribution >= 4 is 34.0 Å². The number of nitriles is 2. The van der Waals surface area contributed by atoms with Gasteiger partial charge in [0, 0.05) is 5.69 Å². The SMILES string of the molecule is CCc1c(Cl)nc(Nc2ccc(C#N)cc2)nc1Oc1ccc2cc(C#N)ccc2c1. The van der Waals surface area contributed by atoms with Crippen molar-refractivity contribution in [2.45, 2.75) is 13.3 Å². The normalized spacial score (nSPS) is 10.3. The molecule has 0 aliphatic rings. The number of rotatable bonds is 5. The Morgan fingerprint density at radius 2 is 1.58 bits per heavy atom. The molecule has 0 amide bonds. The Labute approximate surface area is 184 Å². The summed E-state index contributed by atoms with van der Waals surface area (Å²) in [5, 5.41) is 23.3. The van der Waals surface area contributed by atoms with Crippen molar-refractivity contribution in [2.75, 3.05) is 5.32 Å². The molecule has 4 aromatic rings. The van der Waals surface area contributed by atoms with E-state index in [1.54, 1.807) is 30.3 Å².